The third-order valence-electron chi connectivity index (χ3n) is 1.99. The fraction of sp³-hybridized carbons (Fsp3) is 0.500. The molecule has 2 rings (SSSR count). The number of nitrogens with zero attached hydrogens (tertiary/aromatic N) is 2. The van der Waals surface area contributed by atoms with Crippen LogP contribution in [0.2, 0.25) is 0 Å². The molecule has 1 aliphatic rings. The van der Waals surface area contributed by atoms with E-state index in [1.54, 1.807) is 12.4 Å². The van der Waals surface area contributed by atoms with E-state index in [0.717, 1.165) is 18.8 Å². The van der Waals surface area contributed by atoms with Crippen LogP contribution in [0.15, 0.2) is 12.4 Å². The summed E-state index contributed by atoms with van der Waals surface area (Å²) in [6.45, 7) is 2.33. The molecule has 3 N–H and O–H groups in total. The highest BCUT2D eigenvalue weighted by Gasteiger charge is 2.19. The van der Waals surface area contributed by atoms with Crippen LogP contribution in [0, 0.1) is 0 Å². The molecule has 5 nitrogen and oxygen atoms in total. The van der Waals surface area contributed by atoms with E-state index in [1.807, 2.05) is 0 Å². The fourth-order valence-electron chi connectivity index (χ4n) is 1.35. The molecule has 1 unspecified atom stereocenters. The Bertz CT molecular complexity index is 285. The lowest BCUT2D eigenvalue weighted by Crippen LogP contribution is -2.34. The summed E-state index contributed by atoms with van der Waals surface area (Å²) in [7, 11) is 0. The Labute approximate surface area is 76.3 Å². The minimum absolute atomic E-state index is 0.0533. The highest BCUT2D eigenvalue weighted by Crippen LogP contribution is 2.19. The summed E-state index contributed by atoms with van der Waals surface area (Å²) in [5.74, 6) is 0.455. The molecule has 70 valence electrons. The van der Waals surface area contributed by atoms with E-state index >= 15 is 0 Å². The Morgan fingerprint density at radius 3 is 3.00 bits per heavy atom. The van der Waals surface area contributed by atoms with Gasteiger partial charge >= 0.3 is 0 Å². The first-order chi connectivity index (χ1) is 6.38. The average Bonchev–Trinajstić information content (AvgIpc) is 2.20. The average molecular weight is 180 g/mol. The minimum atomic E-state index is -0.0533. The maximum absolute atomic E-state index is 5.67. The molecule has 0 saturated carbocycles. The predicted octanol–water partition coefficient (Wildman–Crippen LogP) is -0.280. The van der Waals surface area contributed by atoms with E-state index in [-0.39, 0.29) is 6.10 Å². The number of morpholine rings is 1. The van der Waals surface area contributed by atoms with Crippen molar-refractivity contribution in [2.75, 3.05) is 25.4 Å². The molecule has 0 spiro atoms. The van der Waals surface area contributed by atoms with Gasteiger partial charge in [-0.05, 0) is 0 Å². The number of aromatic nitrogens is 2. The van der Waals surface area contributed by atoms with Crippen LogP contribution in [0.4, 0.5) is 5.82 Å². The van der Waals surface area contributed by atoms with Gasteiger partial charge in [0.1, 0.15) is 17.6 Å². The van der Waals surface area contributed by atoms with Crippen LogP contribution in [0.1, 0.15) is 11.8 Å². The third-order valence-corrected chi connectivity index (χ3v) is 1.99. The van der Waals surface area contributed by atoms with Gasteiger partial charge in [0, 0.05) is 25.5 Å². The molecular formula is C8H12N4O. The van der Waals surface area contributed by atoms with Crippen LogP contribution >= 0.6 is 0 Å². The van der Waals surface area contributed by atoms with Crippen LogP contribution < -0.4 is 11.1 Å². The van der Waals surface area contributed by atoms with Crippen molar-refractivity contribution in [3.63, 3.8) is 0 Å². The molecule has 1 aromatic heterocycles. The van der Waals surface area contributed by atoms with Crippen LogP contribution in [-0.4, -0.2) is 29.7 Å². The summed E-state index contributed by atoms with van der Waals surface area (Å²) in [6, 6.07) is 0. The number of nitrogens with two attached hydrogens (primary N) is 1. The van der Waals surface area contributed by atoms with Crippen LogP contribution in [0.3, 0.4) is 0 Å². The van der Waals surface area contributed by atoms with Crippen molar-refractivity contribution in [1.29, 1.82) is 0 Å². The molecule has 2 heterocycles. The SMILES string of the molecule is Nc1nccnc1C1CNCCO1. The van der Waals surface area contributed by atoms with Gasteiger partial charge in [0.2, 0.25) is 0 Å². The predicted molar refractivity (Wildman–Crippen MR) is 48.0 cm³/mol. The number of nitrogens with one attached hydrogen (secondary N) is 1. The molecule has 1 fully saturated rings. The summed E-state index contributed by atoms with van der Waals surface area (Å²) >= 11 is 0. The number of hydrogen-bond donors (Lipinski definition) is 2. The second kappa shape index (κ2) is 3.68. The van der Waals surface area contributed by atoms with Gasteiger partial charge in [0.15, 0.2) is 0 Å². The molecule has 0 amide bonds. The second-order valence-electron chi connectivity index (χ2n) is 2.89. The zero-order valence-corrected chi connectivity index (χ0v) is 7.23. The van der Waals surface area contributed by atoms with Crippen molar-refractivity contribution in [2.24, 2.45) is 0 Å². The topological polar surface area (TPSA) is 73.1 Å². The molecule has 1 atom stereocenters. The highest BCUT2D eigenvalue weighted by atomic mass is 16.5. The van der Waals surface area contributed by atoms with Crippen LogP contribution in [0.5, 0.6) is 0 Å². The molecule has 0 aliphatic carbocycles. The summed E-state index contributed by atoms with van der Waals surface area (Å²) in [5, 5.41) is 3.21. The highest BCUT2D eigenvalue weighted by molar-refractivity contribution is 5.34. The summed E-state index contributed by atoms with van der Waals surface area (Å²) in [4.78, 5) is 8.11. The lowest BCUT2D eigenvalue weighted by atomic mass is 10.2. The number of anilines is 1. The van der Waals surface area contributed by atoms with Gasteiger partial charge in [0.25, 0.3) is 0 Å². The summed E-state index contributed by atoms with van der Waals surface area (Å²) < 4.78 is 5.50. The van der Waals surface area contributed by atoms with Crippen molar-refractivity contribution in [2.45, 2.75) is 6.10 Å². The van der Waals surface area contributed by atoms with E-state index in [1.165, 1.54) is 0 Å². The Morgan fingerprint density at radius 1 is 1.46 bits per heavy atom. The first-order valence-corrected chi connectivity index (χ1v) is 4.26. The quantitative estimate of drug-likeness (QED) is 0.621. The number of nitrogen functional groups attached to an aromatic ring is 1. The van der Waals surface area contributed by atoms with E-state index in [4.69, 9.17) is 10.5 Å². The van der Waals surface area contributed by atoms with Gasteiger partial charge in [-0.25, -0.2) is 4.98 Å². The normalized spacial score (nSPS) is 22.9. The number of ether oxygens (including phenoxy) is 1. The Hall–Kier alpha value is -1.20. The number of rotatable bonds is 1. The molecule has 5 heteroatoms. The molecule has 1 aliphatic heterocycles. The van der Waals surface area contributed by atoms with E-state index < -0.39 is 0 Å². The standard InChI is InChI=1S/C8H12N4O/c9-8-7(11-1-2-12-8)6-5-10-3-4-13-6/h1-2,6,10H,3-5H2,(H2,9,12). The Balaban J connectivity index is 2.18. The van der Waals surface area contributed by atoms with Crippen LogP contribution in [-0.2, 0) is 4.74 Å². The Kier molecular flexibility index (Phi) is 2.37. The lowest BCUT2D eigenvalue weighted by Gasteiger charge is -2.23. The van der Waals surface area contributed by atoms with Gasteiger partial charge in [0.05, 0.1) is 6.61 Å². The largest absolute Gasteiger partial charge is 0.382 e. The summed E-state index contributed by atoms with van der Waals surface area (Å²) in [5.41, 5.74) is 6.40. The van der Waals surface area contributed by atoms with Gasteiger partial charge in [-0.15, -0.1) is 0 Å². The molecular weight excluding hydrogens is 168 g/mol. The van der Waals surface area contributed by atoms with Gasteiger partial charge < -0.3 is 15.8 Å². The molecule has 0 radical (unpaired) electrons. The summed E-state index contributed by atoms with van der Waals surface area (Å²) in [6.07, 6.45) is 3.15. The molecule has 0 bridgehead atoms. The van der Waals surface area contributed by atoms with Crippen molar-refractivity contribution >= 4 is 5.82 Å². The van der Waals surface area contributed by atoms with Gasteiger partial charge in [-0.3, -0.25) is 4.98 Å². The first kappa shape index (κ1) is 8.40. The maximum atomic E-state index is 5.67. The number of hydrogen-bond acceptors (Lipinski definition) is 5. The van der Waals surface area contributed by atoms with Gasteiger partial charge in [-0.2, -0.15) is 0 Å². The lowest BCUT2D eigenvalue weighted by molar-refractivity contribution is 0.0253. The van der Waals surface area contributed by atoms with Crippen molar-refractivity contribution in [1.82, 2.24) is 15.3 Å². The smallest absolute Gasteiger partial charge is 0.147 e. The van der Waals surface area contributed by atoms with Crippen molar-refractivity contribution in [3.05, 3.63) is 18.1 Å². The molecule has 1 aromatic rings. The minimum Gasteiger partial charge on any atom is -0.382 e. The monoisotopic (exact) mass is 180 g/mol. The van der Waals surface area contributed by atoms with E-state index in [2.05, 4.69) is 15.3 Å². The van der Waals surface area contributed by atoms with Crippen LogP contribution in [0.25, 0.3) is 0 Å². The second-order valence-corrected chi connectivity index (χ2v) is 2.89. The van der Waals surface area contributed by atoms with E-state index in [9.17, 15) is 0 Å². The van der Waals surface area contributed by atoms with Crippen molar-refractivity contribution in [3.8, 4) is 0 Å². The van der Waals surface area contributed by atoms with E-state index in [0.29, 0.717) is 12.4 Å². The van der Waals surface area contributed by atoms with Gasteiger partial charge in [-0.1, -0.05) is 0 Å². The van der Waals surface area contributed by atoms with Crippen molar-refractivity contribution < 1.29 is 4.74 Å². The zero-order chi connectivity index (χ0) is 9.10. The molecule has 1 saturated heterocycles. The third kappa shape index (κ3) is 1.76. The Morgan fingerprint density at radius 2 is 2.31 bits per heavy atom. The molecule has 13 heavy (non-hydrogen) atoms. The first-order valence-electron chi connectivity index (χ1n) is 4.26. The zero-order valence-electron chi connectivity index (χ0n) is 7.23. The molecule has 0 aromatic carbocycles. The fourth-order valence-corrected chi connectivity index (χ4v) is 1.35. The maximum Gasteiger partial charge on any atom is 0.147 e.